The molecule has 28 heavy (non-hydrogen) atoms. The van der Waals surface area contributed by atoms with Crippen LogP contribution in [0.1, 0.15) is 64.3 Å². The minimum Gasteiger partial charge on any atom is -0.352 e. The van der Waals surface area contributed by atoms with Crippen molar-refractivity contribution in [2.45, 2.75) is 75.5 Å². The van der Waals surface area contributed by atoms with E-state index < -0.39 is 0 Å². The van der Waals surface area contributed by atoms with Crippen molar-refractivity contribution in [2.24, 2.45) is 5.92 Å². The van der Waals surface area contributed by atoms with Gasteiger partial charge in [-0.15, -0.1) is 0 Å². The molecule has 0 aliphatic heterocycles. The van der Waals surface area contributed by atoms with Crippen molar-refractivity contribution in [2.75, 3.05) is 5.75 Å². The normalized spacial score (nSPS) is 23.2. The van der Waals surface area contributed by atoms with Crippen LogP contribution in [0.5, 0.6) is 0 Å². The molecule has 1 heterocycles. The van der Waals surface area contributed by atoms with E-state index >= 15 is 0 Å². The molecule has 2 saturated carbocycles. The summed E-state index contributed by atoms with van der Waals surface area (Å²) in [5.74, 6) is 0.892. The number of thioether (sulfide) groups is 1. The van der Waals surface area contributed by atoms with E-state index in [1.807, 2.05) is 28.8 Å². The topological polar surface area (TPSA) is 64.0 Å². The van der Waals surface area contributed by atoms with Gasteiger partial charge in [0.15, 0.2) is 5.16 Å². The quantitative estimate of drug-likeness (QED) is 0.601. The summed E-state index contributed by atoms with van der Waals surface area (Å²) < 4.78 is 1.86. The molecule has 150 valence electrons. The van der Waals surface area contributed by atoms with Crippen LogP contribution in [-0.2, 0) is 4.79 Å². The molecule has 6 heteroatoms. The molecule has 5 nitrogen and oxygen atoms in total. The highest BCUT2D eigenvalue weighted by atomic mass is 32.2. The standard InChI is InChI=1S/C22H29N3O2S/c1-15-8-2-6-12-18(15)23-20(26)14-28-22-24-19-13-7-5-11-17(19)21(27)25(22)16-9-3-4-10-16/h5,7,11,13,15-16,18H,2-4,6,8-10,12,14H2,1H3,(H,23,26)/t15-,18-/m1/s1. The van der Waals surface area contributed by atoms with Crippen LogP contribution in [0.3, 0.4) is 0 Å². The minimum absolute atomic E-state index is 0.0290. The number of benzene rings is 1. The lowest BCUT2D eigenvalue weighted by molar-refractivity contribution is -0.119. The van der Waals surface area contributed by atoms with E-state index in [9.17, 15) is 9.59 Å². The summed E-state index contributed by atoms with van der Waals surface area (Å²) in [7, 11) is 0. The molecule has 1 aromatic heterocycles. The van der Waals surface area contributed by atoms with E-state index in [0.717, 1.165) is 32.1 Å². The summed E-state index contributed by atoms with van der Waals surface area (Å²) in [6.07, 6.45) is 9.03. The van der Waals surface area contributed by atoms with E-state index in [4.69, 9.17) is 4.98 Å². The average molecular weight is 400 g/mol. The first kappa shape index (κ1) is 19.5. The summed E-state index contributed by atoms with van der Waals surface area (Å²) in [6.45, 7) is 2.22. The van der Waals surface area contributed by atoms with Crippen molar-refractivity contribution < 1.29 is 4.79 Å². The number of nitrogens with zero attached hydrogens (tertiary/aromatic N) is 2. The molecule has 4 rings (SSSR count). The minimum atomic E-state index is 0.0290. The van der Waals surface area contributed by atoms with Gasteiger partial charge in [-0.3, -0.25) is 14.2 Å². The summed E-state index contributed by atoms with van der Waals surface area (Å²) in [4.78, 5) is 30.5. The molecule has 2 atom stereocenters. The van der Waals surface area contributed by atoms with E-state index in [2.05, 4.69) is 12.2 Å². The number of carbonyl (C=O) groups excluding carboxylic acids is 1. The highest BCUT2D eigenvalue weighted by Gasteiger charge is 2.25. The maximum Gasteiger partial charge on any atom is 0.262 e. The maximum absolute atomic E-state index is 13.1. The molecular weight excluding hydrogens is 370 g/mol. The third-order valence-corrected chi connectivity index (χ3v) is 7.21. The zero-order valence-corrected chi connectivity index (χ0v) is 17.3. The third kappa shape index (κ3) is 4.12. The smallest absolute Gasteiger partial charge is 0.262 e. The van der Waals surface area contributed by atoms with Gasteiger partial charge in [0.2, 0.25) is 5.91 Å². The number of fused-ring (bicyclic) bond motifs is 1. The second-order valence-electron chi connectivity index (χ2n) is 8.25. The van der Waals surface area contributed by atoms with Crippen LogP contribution in [0.15, 0.2) is 34.2 Å². The van der Waals surface area contributed by atoms with E-state index in [1.54, 1.807) is 0 Å². The van der Waals surface area contributed by atoms with Gasteiger partial charge in [0.05, 0.1) is 16.7 Å². The molecule has 0 unspecified atom stereocenters. The summed E-state index contributed by atoms with van der Waals surface area (Å²) in [5.41, 5.74) is 0.742. The Balaban J connectivity index is 1.54. The molecule has 0 radical (unpaired) electrons. The van der Waals surface area contributed by atoms with Crippen LogP contribution < -0.4 is 10.9 Å². The monoisotopic (exact) mass is 399 g/mol. The molecule has 0 spiro atoms. The number of nitrogens with one attached hydrogen (secondary N) is 1. The first-order chi connectivity index (χ1) is 13.6. The van der Waals surface area contributed by atoms with Crippen LogP contribution in [0.2, 0.25) is 0 Å². The molecule has 1 aromatic carbocycles. The van der Waals surface area contributed by atoms with Gasteiger partial charge >= 0.3 is 0 Å². The van der Waals surface area contributed by atoms with Crippen LogP contribution in [0.25, 0.3) is 10.9 Å². The number of carbonyl (C=O) groups is 1. The summed E-state index contributed by atoms with van der Waals surface area (Å²) in [6, 6.07) is 8.00. The fourth-order valence-corrected chi connectivity index (χ4v) is 5.50. The Hall–Kier alpha value is -1.82. The van der Waals surface area contributed by atoms with Crippen molar-refractivity contribution in [3.05, 3.63) is 34.6 Å². The van der Waals surface area contributed by atoms with E-state index in [1.165, 1.54) is 31.0 Å². The Morgan fingerprint density at radius 3 is 2.64 bits per heavy atom. The van der Waals surface area contributed by atoms with Gasteiger partial charge in [-0.25, -0.2) is 4.98 Å². The predicted octanol–water partition coefficient (Wildman–Crippen LogP) is 4.30. The van der Waals surface area contributed by atoms with Crippen LogP contribution in [-0.4, -0.2) is 27.3 Å². The number of para-hydroxylation sites is 1. The largest absolute Gasteiger partial charge is 0.352 e. The van der Waals surface area contributed by atoms with Crippen molar-refractivity contribution in [1.29, 1.82) is 0 Å². The zero-order valence-electron chi connectivity index (χ0n) is 16.5. The molecule has 2 aliphatic rings. The van der Waals surface area contributed by atoms with Gasteiger partial charge in [0.1, 0.15) is 0 Å². The van der Waals surface area contributed by atoms with Gasteiger partial charge in [-0.05, 0) is 43.7 Å². The molecule has 2 fully saturated rings. The fraction of sp³-hybridized carbons (Fsp3) is 0.591. The van der Waals surface area contributed by atoms with Gasteiger partial charge < -0.3 is 5.32 Å². The first-order valence-electron chi connectivity index (χ1n) is 10.6. The van der Waals surface area contributed by atoms with Crippen molar-refractivity contribution in [1.82, 2.24) is 14.9 Å². The highest BCUT2D eigenvalue weighted by Crippen LogP contribution is 2.32. The average Bonchev–Trinajstić information content (AvgIpc) is 3.22. The number of rotatable bonds is 5. The first-order valence-corrected chi connectivity index (χ1v) is 11.6. The summed E-state index contributed by atoms with van der Waals surface area (Å²) in [5, 5.41) is 4.55. The number of hydrogen-bond donors (Lipinski definition) is 1. The van der Waals surface area contributed by atoms with Crippen molar-refractivity contribution in [3.8, 4) is 0 Å². The van der Waals surface area contributed by atoms with Crippen LogP contribution in [0, 0.1) is 5.92 Å². The predicted molar refractivity (Wildman–Crippen MR) is 114 cm³/mol. The van der Waals surface area contributed by atoms with Gasteiger partial charge in [0, 0.05) is 12.1 Å². The Kier molecular flexibility index (Phi) is 6.04. The molecule has 2 aliphatic carbocycles. The van der Waals surface area contributed by atoms with Gasteiger partial charge in [0.25, 0.3) is 5.56 Å². The zero-order chi connectivity index (χ0) is 19.5. The number of aromatic nitrogens is 2. The Morgan fingerprint density at radius 1 is 1.14 bits per heavy atom. The molecule has 2 aromatic rings. The van der Waals surface area contributed by atoms with E-state index in [0.29, 0.717) is 27.7 Å². The second kappa shape index (κ2) is 8.68. The van der Waals surface area contributed by atoms with Crippen molar-refractivity contribution in [3.63, 3.8) is 0 Å². The van der Waals surface area contributed by atoms with E-state index in [-0.39, 0.29) is 23.6 Å². The maximum atomic E-state index is 13.1. The molecule has 1 amide bonds. The molecule has 1 N–H and O–H groups in total. The van der Waals surface area contributed by atoms with Crippen LogP contribution in [0.4, 0.5) is 0 Å². The van der Waals surface area contributed by atoms with Crippen LogP contribution >= 0.6 is 11.8 Å². The van der Waals surface area contributed by atoms with Gasteiger partial charge in [-0.2, -0.15) is 0 Å². The summed E-state index contributed by atoms with van der Waals surface area (Å²) >= 11 is 1.40. The number of amides is 1. The highest BCUT2D eigenvalue weighted by molar-refractivity contribution is 7.99. The molecular formula is C22H29N3O2S. The van der Waals surface area contributed by atoms with Gasteiger partial charge in [-0.1, -0.05) is 56.5 Å². The van der Waals surface area contributed by atoms with Crippen molar-refractivity contribution >= 4 is 28.6 Å². The lowest BCUT2D eigenvalue weighted by atomic mass is 9.86. The molecule has 0 saturated heterocycles. The number of hydrogen-bond acceptors (Lipinski definition) is 4. The Bertz CT molecular complexity index is 904. The third-order valence-electron chi connectivity index (χ3n) is 6.26. The lowest BCUT2D eigenvalue weighted by Gasteiger charge is -2.29. The Labute approximate surface area is 170 Å². The molecule has 0 bridgehead atoms. The lowest BCUT2D eigenvalue weighted by Crippen LogP contribution is -2.42. The second-order valence-corrected chi connectivity index (χ2v) is 9.19. The Morgan fingerprint density at radius 2 is 1.86 bits per heavy atom. The SMILES string of the molecule is C[C@@H]1CCCC[C@H]1NC(=O)CSc1nc2ccccc2c(=O)n1C1CCCC1. The fourth-order valence-electron chi connectivity index (χ4n) is 4.62.